The van der Waals surface area contributed by atoms with Crippen LogP contribution in [0, 0.1) is 0 Å². The van der Waals surface area contributed by atoms with E-state index in [0.717, 1.165) is 17.6 Å². The Morgan fingerprint density at radius 1 is 1.54 bits per heavy atom. The first-order valence-electron chi connectivity index (χ1n) is 4.21. The Bertz CT molecular complexity index is 197. The zero-order valence-electron chi connectivity index (χ0n) is 8.38. The van der Waals surface area contributed by atoms with Crippen molar-refractivity contribution in [2.75, 3.05) is 13.7 Å². The summed E-state index contributed by atoms with van der Waals surface area (Å²) in [5, 5.41) is 8.78. The number of aliphatic hydroxyl groups is 1. The summed E-state index contributed by atoms with van der Waals surface area (Å²) in [6.07, 6.45) is 2.89. The molecule has 1 N–H and O–H groups in total. The van der Waals surface area contributed by atoms with E-state index in [-0.39, 0.29) is 12.7 Å². The minimum atomic E-state index is 0.0980. The summed E-state index contributed by atoms with van der Waals surface area (Å²) in [6, 6.07) is 0. The smallest absolute Gasteiger partial charge is 0.0821 e. The van der Waals surface area contributed by atoms with Crippen molar-refractivity contribution in [2.45, 2.75) is 26.4 Å². The first-order valence-corrected chi connectivity index (χ1v) is 5.13. The van der Waals surface area contributed by atoms with E-state index in [1.807, 2.05) is 24.9 Å². The lowest BCUT2D eigenvalue weighted by atomic mass is 10.1. The Morgan fingerprint density at radius 2 is 2.15 bits per heavy atom. The van der Waals surface area contributed by atoms with Crippen LogP contribution in [0.4, 0.5) is 0 Å². The van der Waals surface area contributed by atoms with Crippen molar-refractivity contribution in [1.82, 2.24) is 0 Å². The predicted molar refractivity (Wildman–Crippen MR) is 58.9 cm³/mol. The maximum atomic E-state index is 8.78. The Hall–Kier alpha value is -0.120. The van der Waals surface area contributed by atoms with Gasteiger partial charge in [0.25, 0.3) is 0 Å². The Morgan fingerprint density at radius 3 is 2.54 bits per heavy atom. The second kappa shape index (κ2) is 7.30. The van der Waals surface area contributed by atoms with E-state index in [1.54, 1.807) is 7.11 Å². The standard InChI is InChI=1S/C10H17BrO2/c1-8(7-12)4-5-10(13-3)9(2)6-11/h4,6,10,12H,5,7H2,1-3H3/b8-4+,9-6+. The molecule has 0 radical (unpaired) electrons. The molecule has 0 aliphatic carbocycles. The molecule has 2 nitrogen and oxygen atoms in total. The van der Waals surface area contributed by atoms with Crippen molar-refractivity contribution in [1.29, 1.82) is 0 Å². The van der Waals surface area contributed by atoms with Crippen LogP contribution < -0.4 is 0 Å². The second-order valence-electron chi connectivity index (χ2n) is 3.02. The number of ether oxygens (including phenoxy) is 1. The summed E-state index contributed by atoms with van der Waals surface area (Å²) in [5.74, 6) is 0. The van der Waals surface area contributed by atoms with Gasteiger partial charge in [-0.2, -0.15) is 0 Å². The van der Waals surface area contributed by atoms with Gasteiger partial charge in [0.15, 0.2) is 0 Å². The van der Waals surface area contributed by atoms with Gasteiger partial charge in [-0.1, -0.05) is 27.6 Å². The topological polar surface area (TPSA) is 29.5 Å². The second-order valence-corrected chi connectivity index (χ2v) is 3.48. The zero-order valence-corrected chi connectivity index (χ0v) is 9.97. The minimum absolute atomic E-state index is 0.0980. The monoisotopic (exact) mass is 248 g/mol. The first-order chi connectivity index (χ1) is 6.15. The van der Waals surface area contributed by atoms with Gasteiger partial charge in [-0.3, -0.25) is 0 Å². The lowest BCUT2D eigenvalue weighted by molar-refractivity contribution is 0.134. The van der Waals surface area contributed by atoms with E-state index < -0.39 is 0 Å². The molecule has 13 heavy (non-hydrogen) atoms. The van der Waals surface area contributed by atoms with Gasteiger partial charge in [-0.15, -0.1) is 0 Å². The van der Waals surface area contributed by atoms with E-state index in [4.69, 9.17) is 9.84 Å². The summed E-state index contributed by atoms with van der Waals surface area (Å²) in [7, 11) is 1.69. The Kier molecular flexibility index (Phi) is 7.23. The highest BCUT2D eigenvalue weighted by molar-refractivity contribution is 9.11. The number of aliphatic hydroxyl groups excluding tert-OH is 1. The quantitative estimate of drug-likeness (QED) is 0.759. The van der Waals surface area contributed by atoms with Crippen LogP contribution in [-0.2, 0) is 4.74 Å². The molecule has 0 heterocycles. The summed E-state index contributed by atoms with van der Waals surface area (Å²) in [5.41, 5.74) is 2.12. The van der Waals surface area contributed by atoms with E-state index in [9.17, 15) is 0 Å². The van der Waals surface area contributed by atoms with E-state index >= 15 is 0 Å². The van der Waals surface area contributed by atoms with Gasteiger partial charge in [0, 0.05) is 7.11 Å². The van der Waals surface area contributed by atoms with Crippen LogP contribution in [-0.4, -0.2) is 24.9 Å². The Balaban J connectivity index is 4.14. The van der Waals surface area contributed by atoms with Crippen LogP contribution in [0.3, 0.4) is 0 Å². The number of hydrogen-bond donors (Lipinski definition) is 1. The van der Waals surface area contributed by atoms with E-state index in [2.05, 4.69) is 15.9 Å². The summed E-state index contributed by atoms with van der Waals surface area (Å²) < 4.78 is 5.27. The number of halogens is 1. The highest BCUT2D eigenvalue weighted by Gasteiger charge is 2.06. The maximum absolute atomic E-state index is 8.78. The lowest BCUT2D eigenvalue weighted by Gasteiger charge is -2.13. The minimum Gasteiger partial charge on any atom is -0.392 e. The van der Waals surface area contributed by atoms with Gasteiger partial charge in [-0.05, 0) is 30.8 Å². The lowest BCUT2D eigenvalue weighted by Crippen LogP contribution is -2.10. The highest BCUT2D eigenvalue weighted by atomic mass is 79.9. The fourth-order valence-electron chi connectivity index (χ4n) is 0.911. The van der Waals surface area contributed by atoms with Crippen molar-refractivity contribution >= 4 is 15.9 Å². The molecule has 0 aromatic carbocycles. The molecule has 0 saturated heterocycles. The summed E-state index contributed by atoms with van der Waals surface area (Å²) >= 11 is 3.27. The molecule has 1 atom stereocenters. The molecule has 0 aliphatic heterocycles. The molecule has 0 amide bonds. The van der Waals surface area contributed by atoms with Gasteiger partial charge in [0.05, 0.1) is 12.7 Å². The van der Waals surface area contributed by atoms with Gasteiger partial charge in [0.2, 0.25) is 0 Å². The highest BCUT2D eigenvalue weighted by Crippen LogP contribution is 2.13. The summed E-state index contributed by atoms with van der Waals surface area (Å²) in [4.78, 5) is 1.86. The molecule has 0 aliphatic rings. The average molecular weight is 249 g/mol. The molecule has 1 unspecified atom stereocenters. The molecular formula is C10H17BrO2. The maximum Gasteiger partial charge on any atom is 0.0821 e. The molecule has 0 aromatic heterocycles. The van der Waals surface area contributed by atoms with Crippen LogP contribution in [0.15, 0.2) is 22.2 Å². The summed E-state index contributed by atoms with van der Waals surface area (Å²) in [6.45, 7) is 4.03. The fourth-order valence-corrected chi connectivity index (χ4v) is 1.21. The predicted octanol–water partition coefficient (Wildman–Crippen LogP) is 2.63. The number of hydrogen-bond acceptors (Lipinski definition) is 2. The molecule has 0 fully saturated rings. The SMILES string of the molecule is COC(C/C=C(\C)CO)/C(C)=C/Br. The van der Waals surface area contributed by atoms with E-state index in [1.165, 1.54) is 0 Å². The van der Waals surface area contributed by atoms with Crippen molar-refractivity contribution < 1.29 is 9.84 Å². The van der Waals surface area contributed by atoms with Crippen LogP contribution in [0.5, 0.6) is 0 Å². The molecule has 0 saturated carbocycles. The third-order valence-electron chi connectivity index (χ3n) is 1.89. The van der Waals surface area contributed by atoms with Crippen molar-refractivity contribution in [3.63, 3.8) is 0 Å². The van der Waals surface area contributed by atoms with Crippen molar-refractivity contribution in [3.05, 3.63) is 22.2 Å². The van der Waals surface area contributed by atoms with Gasteiger partial charge in [-0.25, -0.2) is 0 Å². The molecular weight excluding hydrogens is 232 g/mol. The average Bonchev–Trinajstić information content (AvgIpc) is 2.17. The molecule has 0 aromatic rings. The largest absolute Gasteiger partial charge is 0.392 e. The first kappa shape index (κ1) is 12.9. The normalized spacial score (nSPS) is 16.1. The van der Waals surface area contributed by atoms with Crippen molar-refractivity contribution in [3.8, 4) is 0 Å². The zero-order chi connectivity index (χ0) is 10.3. The third kappa shape index (κ3) is 5.24. The third-order valence-corrected chi connectivity index (χ3v) is 2.62. The molecule has 0 spiro atoms. The molecule has 76 valence electrons. The molecule has 0 bridgehead atoms. The van der Waals surface area contributed by atoms with E-state index in [0.29, 0.717) is 0 Å². The molecule has 3 heteroatoms. The van der Waals surface area contributed by atoms with Gasteiger partial charge >= 0.3 is 0 Å². The molecule has 0 rings (SSSR count). The van der Waals surface area contributed by atoms with Crippen LogP contribution in [0.1, 0.15) is 20.3 Å². The van der Waals surface area contributed by atoms with Gasteiger partial charge in [0.1, 0.15) is 0 Å². The van der Waals surface area contributed by atoms with Gasteiger partial charge < -0.3 is 9.84 Å². The Labute approximate surface area is 88.4 Å². The number of rotatable bonds is 5. The van der Waals surface area contributed by atoms with Crippen LogP contribution in [0.2, 0.25) is 0 Å². The van der Waals surface area contributed by atoms with Crippen LogP contribution >= 0.6 is 15.9 Å². The van der Waals surface area contributed by atoms with Crippen LogP contribution in [0.25, 0.3) is 0 Å². The van der Waals surface area contributed by atoms with Crippen molar-refractivity contribution in [2.24, 2.45) is 0 Å². The number of methoxy groups -OCH3 is 1. The fraction of sp³-hybridized carbons (Fsp3) is 0.600.